The molecule has 1 saturated carbocycles. The first-order chi connectivity index (χ1) is 15.1. The third-order valence-electron chi connectivity index (χ3n) is 6.63. The van der Waals surface area contributed by atoms with Gasteiger partial charge in [-0.05, 0) is 37.1 Å². The normalized spacial score (nSPS) is 38.9. The highest BCUT2D eigenvalue weighted by Crippen LogP contribution is 2.49. The number of phenols is 1. The Labute approximate surface area is 184 Å². The summed E-state index contributed by atoms with van der Waals surface area (Å²) in [5.74, 6) is -4.98. The summed E-state index contributed by atoms with van der Waals surface area (Å²) in [6, 6.07) is 5.54. The van der Waals surface area contributed by atoms with Crippen LogP contribution in [0.25, 0.3) is 0 Å². The van der Waals surface area contributed by atoms with Gasteiger partial charge in [0.1, 0.15) is 18.0 Å². The van der Waals surface area contributed by atoms with Crippen molar-refractivity contribution in [3.05, 3.63) is 29.8 Å². The van der Waals surface area contributed by atoms with E-state index in [-0.39, 0.29) is 43.1 Å². The summed E-state index contributed by atoms with van der Waals surface area (Å²) in [5.41, 5.74) is -2.02. The van der Waals surface area contributed by atoms with Gasteiger partial charge in [-0.15, -0.1) is 0 Å². The van der Waals surface area contributed by atoms with Gasteiger partial charge in [-0.25, -0.2) is 4.79 Å². The van der Waals surface area contributed by atoms with Gasteiger partial charge in [-0.1, -0.05) is 6.92 Å². The second kappa shape index (κ2) is 8.11. The molecular weight excluding hydrogens is 424 g/mol. The molecule has 32 heavy (non-hydrogen) atoms. The number of benzene rings is 1. The minimum atomic E-state index is -2.24. The molecule has 4 rings (SSSR count). The third kappa shape index (κ3) is 3.57. The van der Waals surface area contributed by atoms with E-state index in [0.29, 0.717) is 0 Å². The number of esters is 2. The molecule has 0 aromatic heterocycles. The molecule has 1 aliphatic carbocycles. The van der Waals surface area contributed by atoms with Crippen LogP contribution in [0.4, 0.5) is 0 Å². The average molecular weight is 450 g/mol. The smallest absolute Gasteiger partial charge is 0.338 e. The molecule has 174 valence electrons. The number of ether oxygens (including phenoxy) is 4. The summed E-state index contributed by atoms with van der Waals surface area (Å²) in [7, 11) is 1.22. The third-order valence-corrected chi connectivity index (χ3v) is 6.63. The van der Waals surface area contributed by atoms with Crippen LogP contribution < -0.4 is 0 Å². The van der Waals surface area contributed by atoms with Gasteiger partial charge in [0.25, 0.3) is 0 Å². The van der Waals surface area contributed by atoms with Gasteiger partial charge in [-0.3, -0.25) is 9.59 Å². The summed E-state index contributed by atoms with van der Waals surface area (Å²) in [4.78, 5) is 37.8. The number of carbonyl (C=O) groups excluding carboxylic acids is 3. The molecule has 2 aliphatic heterocycles. The molecule has 3 N–H and O–H groups in total. The van der Waals surface area contributed by atoms with Gasteiger partial charge in [0.15, 0.2) is 5.60 Å². The molecule has 2 heterocycles. The van der Waals surface area contributed by atoms with Crippen molar-refractivity contribution >= 4 is 17.7 Å². The van der Waals surface area contributed by atoms with E-state index in [0.717, 1.165) is 0 Å². The van der Waals surface area contributed by atoms with E-state index in [1.54, 1.807) is 6.92 Å². The number of ketones is 1. The number of aliphatic hydroxyl groups excluding tert-OH is 1. The molecule has 1 aromatic rings. The van der Waals surface area contributed by atoms with Crippen molar-refractivity contribution in [1.82, 2.24) is 0 Å². The van der Waals surface area contributed by atoms with Crippen LogP contribution in [0, 0.1) is 11.8 Å². The summed E-state index contributed by atoms with van der Waals surface area (Å²) in [5, 5.41) is 31.0. The zero-order valence-corrected chi connectivity index (χ0v) is 17.7. The zero-order valence-electron chi connectivity index (χ0n) is 17.7. The van der Waals surface area contributed by atoms with Gasteiger partial charge in [0, 0.05) is 12.3 Å². The van der Waals surface area contributed by atoms with Crippen LogP contribution in [0.3, 0.4) is 0 Å². The Bertz CT molecular complexity index is 914. The Morgan fingerprint density at radius 3 is 2.53 bits per heavy atom. The molecule has 0 amide bonds. The number of aliphatic hydroxyl groups is 2. The monoisotopic (exact) mass is 450 g/mol. The van der Waals surface area contributed by atoms with Crippen molar-refractivity contribution in [3.63, 3.8) is 0 Å². The van der Waals surface area contributed by atoms with Gasteiger partial charge < -0.3 is 34.3 Å². The predicted molar refractivity (Wildman–Crippen MR) is 105 cm³/mol. The first-order valence-electron chi connectivity index (χ1n) is 10.5. The number of carbonyl (C=O) groups is 3. The van der Waals surface area contributed by atoms with Crippen LogP contribution in [-0.4, -0.2) is 76.5 Å². The number of phenolic OH excluding ortho intramolecular Hbond substituents is 1. The van der Waals surface area contributed by atoms with E-state index < -0.39 is 53.3 Å². The van der Waals surface area contributed by atoms with Crippen molar-refractivity contribution in [3.8, 4) is 5.75 Å². The fourth-order valence-corrected chi connectivity index (χ4v) is 4.68. The molecule has 10 heteroatoms. The lowest BCUT2D eigenvalue weighted by Gasteiger charge is -2.39. The Hall–Kier alpha value is -2.53. The number of methoxy groups -OCH3 is 1. The summed E-state index contributed by atoms with van der Waals surface area (Å²) in [6.45, 7) is 1.80. The fraction of sp³-hybridized carbons (Fsp3) is 0.591. The molecule has 7 unspecified atom stereocenters. The first-order valence-corrected chi connectivity index (χ1v) is 10.5. The van der Waals surface area contributed by atoms with E-state index in [1.807, 2.05) is 0 Å². The van der Waals surface area contributed by atoms with E-state index in [2.05, 4.69) is 0 Å². The summed E-state index contributed by atoms with van der Waals surface area (Å²) >= 11 is 0. The molecule has 2 saturated heterocycles. The molecule has 7 atom stereocenters. The molecular formula is C22H26O10. The van der Waals surface area contributed by atoms with E-state index in [1.165, 1.54) is 31.4 Å². The van der Waals surface area contributed by atoms with Crippen LogP contribution in [0.5, 0.6) is 5.75 Å². The first kappa shape index (κ1) is 22.7. The molecule has 3 fully saturated rings. The van der Waals surface area contributed by atoms with Crippen molar-refractivity contribution in [2.75, 3.05) is 13.7 Å². The largest absolute Gasteiger partial charge is 0.508 e. The second-order valence-corrected chi connectivity index (χ2v) is 8.70. The maximum absolute atomic E-state index is 13.3. The topological polar surface area (TPSA) is 149 Å². The Morgan fingerprint density at radius 2 is 1.88 bits per heavy atom. The number of fused-ring (bicyclic) bond motifs is 1. The standard InChI is InChI=1S/C22H26O10/c1-11-10-30-21(9-15(11)31-19(26)12-3-5-14(23)6-4-12)20(27)22(28)16(24)7-13(18(25)29-2)8-17(22)32-21/h3-6,11,13,15-17,23-24,28H,7-10H2,1-2H3. The van der Waals surface area contributed by atoms with Crippen molar-refractivity contribution in [1.29, 1.82) is 0 Å². The van der Waals surface area contributed by atoms with Gasteiger partial charge in [0.2, 0.25) is 11.6 Å². The highest BCUT2D eigenvalue weighted by atomic mass is 16.7. The summed E-state index contributed by atoms with van der Waals surface area (Å²) in [6.07, 6.45) is -3.84. The van der Waals surface area contributed by atoms with E-state index in [9.17, 15) is 29.7 Å². The minimum absolute atomic E-state index is 0.00422. The number of hydrogen-bond donors (Lipinski definition) is 3. The zero-order chi connectivity index (χ0) is 23.3. The van der Waals surface area contributed by atoms with E-state index >= 15 is 0 Å². The molecule has 10 nitrogen and oxygen atoms in total. The van der Waals surface area contributed by atoms with Crippen molar-refractivity contribution in [2.24, 2.45) is 11.8 Å². The lowest BCUT2D eigenvalue weighted by atomic mass is 9.72. The lowest BCUT2D eigenvalue weighted by Crippen LogP contribution is -2.61. The van der Waals surface area contributed by atoms with Crippen molar-refractivity contribution in [2.45, 2.75) is 55.9 Å². The Kier molecular flexibility index (Phi) is 5.74. The number of hydrogen-bond acceptors (Lipinski definition) is 10. The summed E-state index contributed by atoms with van der Waals surface area (Å²) < 4.78 is 21.9. The molecule has 1 spiro atoms. The Balaban J connectivity index is 1.54. The van der Waals surface area contributed by atoms with Gasteiger partial charge >= 0.3 is 11.9 Å². The second-order valence-electron chi connectivity index (χ2n) is 8.70. The predicted octanol–water partition coefficient (Wildman–Crippen LogP) is 0.313. The Morgan fingerprint density at radius 1 is 1.19 bits per heavy atom. The highest BCUT2D eigenvalue weighted by Gasteiger charge is 2.70. The number of rotatable bonds is 3. The van der Waals surface area contributed by atoms with Crippen LogP contribution >= 0.6 is 0 Å². The highest BCUT2D eigenvalue weighted by molar-refractivity contribution is 5.97. The van der Waals surface area contributed by atoms with Gasteiger partial charge in [0.05, 0.1) is 31.3 Å². The molecule has 1 aromatic carbocycles. The van der Waals surface area contributed by atoms with E-state index in [4.69, 9.17) is 18.9 Å². The van der Waals surface area contributed by atoms with Crippen LogP contribution in [0.15, 0.2) is 24.3 Å². The van der Waals surface area contributed by atoms with Gasteiger partial charge in [-0.2, -0.15) is 0 Å². The average Bonchev–Trinajstić information content (AvgIpc) is 2.98. The molecule has 0 bridgehead atoms. The van der Waals surface area contributed by atoms with Crippen LogP contribution in [-0.2, 0) is 28.5 Å². The maximum atomic E-state index is 13.3. The number of aromatic hydroxyl groups is 1. The SMILES string of the molecule is COC(=O)C1CC(O)C2(O)C(=O)C3(CC(OC(=O)c4ccc(O)cc4)C(C)CO3)OC2C1. The molecule has 0 radical (unpaired) electrons. The molecule has 3 aliphatic rings. The van der Waals surface area contributed by atoms with Crippen LogP contribution in [0.1, 0.15) is 36.5 Å². The van der Waals surface area contributed by atoms with Crippen LogP contribution in [0.2, 0.25) is 0 Å². The maximum Gasteiger partial charge on any atom is 0.338 e. The minimum Gasteiger partial charge on any atom is -0.508 e. The number of Topliss-reactive ketones (excluding diaryl/α,β-unsaturated/α-hetero) is 1. The fourth-order valence-electron chi connectivity index (χ4n) is 4.68. The lowest BCUT2D eigenvalue weighted by molar-refractivity contribution is -0.266. The van der Waals surface area contributed by atoms with Crippen molar-refractivity contribution < 1.29 is 48.7 Å². The quantitative estimate of drug-likeness (QED) is 0.549.